The Morgan fingerprint density at radius 1 is 0.861 bits per heavy atom. The Kier molecular flexibility index (Phi) is 9.12. The maximum Gasteiger partial charge on any atom is 0.243 e. The molecule has 1 N–H and O–H groups in total. The first-order chi connectivity index (χ1) is 17.5. The topological polar surface area (TPSA) is 49.4 Å². The molecule has 1 fully saturated rings. The van der Waals surface area contributed by atoms with Gasteiger partial charge in [-0.05, 0) is 53.8 Å². The summed E-state index contributed by atoms with van der Waals surface area (Å²) in [6, 6.07) is 22.4. The van der Waals surface area contributed by atoms with Crippen LogP contribution in [0.25, 0.3) is 0 Å². The molecule has 6 heteroatoms. The van der Waals surface area contributed by atoms with Crippen molar-refractivity contribution in [2.24, 2.45) is 0 Å². The van der Waals surface area contributed by atoms with E-state index in [0.717, 1.165) is 42.4 Å². The van der Waals surface area contributed by atoms with Crippen LogP contribution in [0.3, 0.4) is 0 Å². The summed E-state index contributed by atoms with van der Waals surface area (Å²) >= 11 is 6.03. The molecule has 4 rings (SSSR count). The lowest BCUT2D eigenvalue weighted by molar-refractivity contribution is -0.141. The molecule has 2 amide bonds. The molecule has 36 heavy (non-hydrogen) atoms. The molecule has 0 heterocycles. The van der Waals surface area contributed by atoms with E-state index in [0.29, 0.717) is 11.4 Å². The van der Waals surface area contributed by atoms with E-state index in [2.05, 4.69) is 5.32 Å². The zero-order valence-corrected chi connectivity index (χ0v) is 21.1. The molecule has 0 radical (unpaired) electrons. The van der Waals surface area contributed by atoms with Gasteiger partial charge in [-0.2, -0.15) is 0 Å². The van der Waals surface area contributed by atoms with Crippen molar-refractivity contribution in [2.75, 3.05) is 0 Å². The minimum Gasteiger partial charge on any atom is -0.352 e. The van der Waals surface area contributed by atoms with Crippen LogP contribution in [-0.4, -0.2) is 28.8 Å². The minimum absolute atomic E-state index is 0.128. The van der Waals surface area contributed by atoms with Gasteiger partial charge in [0.2, 0.25) is 11.8 Å². The van der Waals surface area contributed by atoms with Gasteiger partial charge in [0.25, 0.3) is 0 Å². The molecule has 0 spiro atoms. The van der Waals surface area contributed by atoms with Crippen LogP contribution >= 0.6 is 11.6 Å². The van der Waals surface area contributed by atoms with Gasteiger partial charge in [-0.15, -0.1) is 0 Å². The summed E-state index contributed by atoms with van der Waals surface area (Å²) in [6.45, 7) is 0.211. The lowest BCUT2D eigenvalue weighted by atomic mass is 9.94. The Morgan fingerprint density at radius 3 is 2.17 bits per heavy atom. The van der Waals surface area contributed by atoms with Crippen molar-refractivity contribution in [1.29, 1.82) is 0 Å². The van der Waals surface area contributed by atoms with Crippen molar-refractivity contribution in [3.63, 3.8) is 0 Å². The zero-order chi connectivity index (χ0) is 25.3. The van der Waals surface area contributed by atoms with Gasteiger partial charge < -0.3 is 10.2 Å². The first-order valence-corrected chi connectivity index (χ1v) is 13.0. The van der Waals surface area contributed by atoms with E-state index in [9.17, 15) is 14.0 Å². The van der Waals surface area contributed by atoms with Crippen LogP contribution in [0.15, 0.2) is 78.9 Å². The largest absolute Gasteiger partial charge is 0.352 e. The summed E-state index contributed by atoms with van der Waals surface area (Å²) in [7, 11) is 0. The molecule has 0 saturated heterocycles. The lowest BCUT2D eigenvalue weighted by Crippen LogP contribution is -2.53. The second-order valence-electron chi connectivity index (χ2n) is 9.50. The summed E-state index contributed by atoms with van der Waals surface area (Å²) in [4.78, 5) is 29.1. The first kappa shape index (κ1) is 25.9. The van der Waals surface area contributed by atoms with Gasteiger partial charge in [-0.25, -0.2) is 4.39 Å². The van der Waals surface area contributed by atoms with Crippen molar-refractivity contribution in [3.05, 3.63) is 106 Å². The second kappa shape index (κ2) is 12.7. The van der Waals surface area contributed by atoms with Crippen molar-refractivity contribution in [2.45, 2.75) is 63.6 Å². The standard InChI is InChI=1S/C30H32ClFN2O2/c31-25-15-11-23(12-16-25)20-29(35)34(21-24-13-17-26(32)18-14-24)28(19-22-7-3-1-4-8-22)30(36)33-27-9-5-2-6-10-27/h1,3-4,7-8,11-18,27-28H,2,5-6,9-10,19-21H2,(H,33,36)/t28-/m1/s1. The average molecular weight is 507 g/mol. The van der Waals surface area contributed by atoms with E-state index >= 15 is 0 Å². The van der Waals surface area contributed by atoms with Gasteiger partial charge in [0.15, 0.2) is 0 Å². The Balaban J connectivity index is 1.64. The molecule has 1 saturated carbocycles. The Labute approximate surface area is 217 Å². The third kappa shape index (κ3) is 7.41. The van der Waals surface area contributed by atoms with Gasteiger partial charge in [0.05, 0.1) is 6.42 Å². The fraction of sp³-hybridized carbons (Fsp3) is 0.333. The Hall–Kier alpha value is -3.18. The predicted octanol–water partition coefficient (Wildman–Crippen LogP) is 6.11. The Bertz CT molecular complexity index is 1130. The number of halogens is 2. The molecule has 0 aliphatic heterocycles. The van der Waals surface area contributed by atoms with E-state index in [4.69, 9.17) is 11.6 Å². The highest BCUT2D eigenvalue weighted by Gasteiger charge is 2.32. The number of hydrogen-bond acceptors (Lipinski definition) is 2. The van der Waals surface area contributed by atoms with Gasteiger partial charge in [-0.3, -0.25) is 9.59 Å². The monoisotopic (exact) mass is 506 g/mol. The van der Waals surface area contributed by atoms with Crippen LogP contribution in [-0.2, 0) is 29.0 Å². The molecule has 0 aromatic heterocycles. The number of hydrogen-bond donors (Lipinski definition) is 1. The van der Waals surface area contributed by atoms with Crippen molar-refractivity contribution >= 4 is 23.4 Å². The number of amides is 2. The van der Waals surface area contributed by atoms with Crippen LogP contribution in [0.5, 0.6) is 0 Å². The zero-order valence-electron chi connectivity index (χ0n) is 20.3. The second-order valence-corrected chi connectivity index (χ2v) is 9.94. The third-order valence-electron chi connectivity index (χ3n) is 6.76. The van der Waals surface area contributed by atoms with E-state index in [1.807, 2.05) is 42.5 Å². The van der Waals surface area contributed by atoms with E-state index in [1.54, 1.807) is 29.2 Å². The molecule has 1 aliphatic carbocycles. The molecule has 1 atom stereocenters. The lowest BCUT2D eigenvalue weighted by Gasteiger charge is -2.33. The van der Waals surface area contributed by atoms with Crippen LogP contribution in [0, 0.1) is 5.82 Å². The van der Waals surface area contributed by atoms with Gasteiger partial charge >= 0.3 is 0 Å². The van der Waals surface area contributed by atoms with Gasteiger partial charge in [0, 0.05) is 24.0 Å². The number of nitrogens with zero attached hydrogens (tertiary/aromatic N) is 1. The highest BCUT2D eigenvalue weighted by atomic mass is 35.5. The van der Waals surface area contributed by atoms with Crippen LogP contribution < -0.4 is 5.32 Å². The molecule has 3 aromatic rings. The van der Waals surface area contributed by atoms with Gasteiger partial charge in [-0.1, -0.05) is 85.5 Å². The van der Waals surface area contributed by atoms with Gasteiger partial charge in [0.1, 0.15) is 11.9 Å². The summed E-state index contributed by atoms with van der Waals surface area (Å²) < 4.78 is 13.6. The maximum atomic E-state index is 13.7. The summed E-state index contributed by atoms with van der Waals surface area (Å²) in [5.74, 6) is -0.646. The molecular formula is C30H32ClFN2O2. The number of nitrogens with one attached hydrogen (secondary N) is 1. The van der Waals surface area contributed by atoms with Crippen LogP contribution in [0.4, 0.5) is 4.39 Å². The summed E-state index contributed by atoms with van der Waals surface area (Å²) in [6.07, 6.45) is 5.84. The van der Waals surface area contributed by atoms with Crippen molar-refractivity contribution < 1.29 is 14.0 Å². The SMILES string of the molecule is O=C(NC1CCCCC1)[C@@H](Cc1ccccc1)N(Cc1ccc(F)cc1)C(=O)Cc1ccc(Cl)cc1. The maximum absolute atomic E-state index is 13.7. The average Bonchev–Trinajstić information content (AvgIpc) is 2.89. The number of benzene rings is 3. The highest BCUT2D eigenvalue weighted by molar-refractivity contribution is 6.30. The fourth-order valence-corrected chi connectivity index (χ4v) is 4.89. The Morgan fingerprint density at radius 2 is 1.50 bits per heavy atom. The first-order valence-electron chi connectivity index (χ1n) is 12.6. The predicted molar refractivity (Wildman–Crippen MR) is 141 cm³/mol. The van der Waals surface area contributed by atoms with E-state index < -0.39 is 6.04 Å². The molecule has 3 aromatic carbocycles. The number of carbonyl (C=O) groups is 2. The summed E-state index contributed by atoms with van der Waals surface area (Å²) in [5.41, 5.74) is 2.56. The number of carbonyl (C=O) groups excluding carboxylic acids is 2. The molecule has 0 unspecified atom stereocenters. The highest BCUT2D eigenvalue weighted by Crippen LogP contribution is 2.21. The smallest absolute Gasteiger partial charge is 0.243 e. The fourth-order valence-electron chi connectivity index (χ4n) is 4.76. The van der Waals surface area contributed by atoms with E-state index in [1.165, 1.54) is 18.6 Å². The number of rotatable bonds is 9. The molecule has 4 nitrogen and oxygen atoms in total. The quantitative estimate of drug-likeness (QED) is 0.380. The van der Waals surface area contributed by atoms with E-state index in [-0.39, 0.29) is 36.6 Å². The minimum atomic E-state index is -0.695. The normalized spacial score (nSPS) is 14.7. The van der Waals surface area contributed by atoms with Crippen LogP contribution in [0.2, 0.25) is 5.02 Å². The molecule has 188 valence electrons. The summed E-state index contributed by atoms with van der Waals surface area (Å²) in [5, 5.41) is 3.83. The van der Waals surface area contributed by atoms with Crippen molar-refractivity contribution in [1.82, 2.24) is 10.2 Å². The molecule has 1 aliphatic rings. The molecular weight excluding hydrogens is 475 g/mol. The molecule has 0 bridgehead atoms. The third-order valence-corrected chi connectivity index (χ3v) is 7.01. The van der Waals surface area contributed by atoms with Crippen LogP contribution in [0.1, 0.15) is 48.8 Å². The van der Waals surface area contributed by atoms with Crippen molar-refractivity contribution in [3.8, 4) is 0 Å².